The van der Waals surface area contributed by atoms with Crippen molar-refractivity contribution >= 4 is 13.3 Å². The second-order valence-electron chi connectivity index (χ2n) is 5.69. The number of ether oxygens (including phenoxy) is 1. The van der Waals surface area contributed by atoms with Crippen molar-refractivity contribution in [3.63, 3.8) is 0 Å². The second-order valence-corrected chi connectivity index (χ2v) is 5.69. The fourth-order valence-corrected chi connectivity index (χ4v) is 2.42. The minimum Gasteiger partial charge on any atom is -0.398 e. The van der Waals surface area contributed by atoms with Gasteiger partial charge in [-0.05, 0) is 31.7 Å². The summed E-state index contributed by atoms with van der Waals surface area (Å²) in [6, 6.07) is 7.11. The molecule has 0 aliphatic carbocycles. The van der Waals surface area contributed by atoms with E-state index in [-0.39, 0.29) is 6.10 Å². The molecule has 4 N–H and O–H groups in total. The number of aliphatic hydroxyl groups is 1. The van der Waals surface area contributed by atoms with E-state index in [0.29, 0.717) is 23.3 Å². The molecule has 5 heteroatoms. The van der Waals surface area contributed by atoms with Gasteiger partial charge in [0.25, 0.3) is 0 Å². The first-order chi connectivity index (χ1) is 10.00. The third-order valence-electron chi connectivity index (χ3n) is 3.89. The van der Waals surface area contributed by atoms with Gasteiger partial charge in [-0.2, -0.15) is 0 Å². The number of hydrogen-bond donors (Lipinski definition) is 3. The lowest BCUT2D eigenvalue weighted by Gasteiger charge is -2.26. The summed E-state index contributed by atoms with van der Waals surface area (Å²) in [4.78, 5) is 0. The molecule has 1 aromatic rings. The van der Waals surface area contributed by atoms with Crippen molar-refractivity contribution in [2.24, 2.45) is 5.73 Å². The highest BCUT2D eigenvalue weighted by molar-refractivity contribution is 6.32. The predicted octanol–water partition coefficient (Wildman–Crippen LogP) is 0.647. The molecule has 0 saturated carbocycles. The molecule has 4 nitrogen and oxygen atoms in total. The SMILES string of the molecule is [B]c1cccc(C(C)(O)/C(N)=C/NCC2CCCCO2)c1. The van der Waals surface area contributed by atoms with E-state index < -0.39 is 5.60 Å². The van der Waals surface area contributed by atoms with Crippen molar-refractivity contribution in [1.29, 1.82) is 0 Å². The van der Waals surface area contributed by atoms with Gasteiger partial charge < -0.3 is 20.9 Å². The molecule has 21 heavy (non-hydrogen) atoms. The highest BCUT2D eigenvalue weighted by Crippen LogP contribution is 2.24. The molecule has 1 aliphatic heterocycles. The monoisotopic (exact) mass is 286 g/mol. The first-order valence-corrected chi connectivity index (χ1v) is 7.39. The molecule has 0 amide bonds. The number of nitrogens with two attached hydrogens (primary N) is 1. The third-order valence-corrected chi connectivity index (χ3v) is 3.89. The standard InChI is InChI=1S/C16H23BN2O2/c1-16(20,12-5-4-6-13(17)9-12)15(18)11-19-10-14-7-2-3-8-21-14/h4-6,9,11,14,19-20H,2-3,7-8,10,18H2,1H3/b15-11-. The number of rotatable bonds is 5. The highest BCUT2D eigenvalue weighted by Gasteiger charge is 2.26. The smallest absolute Gasteiger partial charge is 0.127 e. The fourth-order valence-electron chi connectivity index (χ4n) is 2.42. The van der Waals surface area contributed by atoms with Crippen LogP contribution in [0.3, 0.4) is 0 Å². The normalized spacial score (nSPS) is 22.6. The minimum atomic E-state index is -1.25. The largest absolute Gasteiger partial charge is 0.398 e. The van der Waals surface area contributed by atoms with Gasteiger partial charge in [0.2, 0.25) is 0 Å². The van der Waals surface area contributed by atoms with Gasteiger partial charge in [0.1, 0.15) is 13.4 Å². The summed E-state index contributed by atoms with van der Waals surface area (Å²) < 4.78 is 5.63. The van der Waals surface area contributed by atoms with E-state index in [1.54, 1.807) is 37.4 Å². The van der Waals surface area contributed by atoms with Crippen molar-refractivity contribution in [2.45, 2.75) is 37.9 Å². The molecule has 2 radical (unpaired) electrons. The van der Waals surface area contributed by atoms with Crippen molar-refractivity contribution in [2.75, 3.05) is 13.2 Å². The van der Waals surface area contributed by atoms with Crippen LogP contribution >= 0.6 is 0 Å². The summed E-state index contributed by atoms with van der Waals surface area (Å²) in [5.41, 5.74) is 6.39. The molecule has 0 spiro atoms. The van der Waals surface area contributed by atoms with Crippen LogP contribution in [-0.2, 0) is 10.3 Å². The lowest BCUT2D eigenvalue weighted by Crippen LogP contribution is -2.34. The topological polar surface area (TPSA) is 67.5 Å². The van der Waals surface area contributed by atoms with Crippen LogP contribution in [0.15, 0.2) is 36.2 Å². The lowest BCUT2D eigenvalue weighted by molar-refractivity contribution is 0.0186. The van der Waals surface area contributed by atoms with Crippen LogP contribution in [0.4, 0.5) is 0 Å². The minimum absolute atomic E-state index is 0.222. The number of nitrogens with one attached hydrogen (secondary N) is 1. The quantitative estimate of drug-likeness (QED) is 0.695. The Hall–Kier alpha value is -1.46. The van der Waals surface area contributed by atoms with E-state index >= 15 is 0 Å². The van der Waals surface area contributed by atoms with E-state index in [4.69, 9.17) is 18.3 Å². The summed E-state index contributed by atoms with van der Waals surface area (Å²) in [7, 11) is 5.75. The Morgan fingerprint density at radius 2 is 2.38 bits per heavy atom. The molecular weight excluding hydrogens is 263 g/mol. The molecule has 1 fully saturated rings. The molecule has 1 heterocycles. The molecule has 0 bridgehead atoms. The summed E-state index contributed by atoms with van der Waals surface area (Å²) >= 11 is 0. The Kier molecular flexibility index (Phi) is 5.31. The Morgan fingerprint density at radius 3 is 3.05 bits per heavy atom. The molecule has 112 valence electrons. The van der Waals surface area contributed by atoms with Crippen LogP contribution in [0.2, 0.25) is 0 Å². The average molecular weight is 286 g/mol. The van der Waals surface area contributed by atoms with Crippen LogP contribution in [0.1, 0.15) is 31.7 Å². The Morgan fingerprint density at radius 1 is 1.57 bits per heavy atom. The second kappa shape index (κ2) is 7.01. The highest BCUT2D eigenvalue weighted by atomic mass is 16.5. The van der Waals surface area contributed by atoms with Crippen molar-refractivity contribution in [1.82, 2.24) is 5.32 Å². The molecule has 2 atom stereocenters. The predicted molar refractivity (Wildman–Crippen MR) is 85.3 cm³/mol. The molecule has 0 aromatic heterocycles. The van der Waals surface area contributed by atoms with Crippen LogP contribution in [0.5, 0.6) is 0 Å². The zero-order valence-corrected chi connectivity index (χ0v) is 12.5. The number of benzene rings is 1. The molecule has 1 aliphatic rings. The van der Waals surface area contributed by atoms with Crippen LogP contribution in [-0.4, -0.2) is 32.2 Å². The van der Waals surface area contributed by atoms with Crippen molar-refractivity contribution in [3.05, 3.63) is 41.7 Å². The summed E-state index contributed by atoms with van der Waals surface area (Å²) in [6.07, 6.45) is 5.28. The molecule has 2 unspecified atom stereocenters. The molecular formula is C16H23BN2O2. The summed E-state index contributed by atoms with van der Waals surface area (Å²) in [6.45, 7) is 3.19. The van der Waals surface area contributed by atoms with E-state index in [9.17, 15) is 5.11 Å². The lowest BCUT2D eigenvalue weighted by atomic mass is 9.87. The summed E-state index contributed by atoms with van der Waals surface area (Å²) in [5, 5.41) is 13.7. The van der Waals surface area contributed by atoms with Crippen LogP contribution in [0.25, 0.3) is 0 Å². The van der Waals surface area contributed by atoms with Crippen molar-refractivity contribution in [3.8, 4) is 0 Å². The van der Waals surface area contributed by atoms with Crippen LogP contribution in [0, 0.1) is 0 Å². The Balaban J connectivity index is 1.96. The van der Waals surface area contributed by atoms with E-state index in [1.807, 2.05) is 0 Å². The van der Waals surface area contributed by atoms with Gasteiger partial charge in [0.05, 0.1) is 11.8 Å². The Bertz CT molecular complexity index is 497. The van der Waals surface area contributed by atoms with E-state index in [1.165, 1.54) is 6.42 Å². The first kappa shape index (κ1) is 15.9. The average Bonchev–Trinajstić information content (AvgIpc) is 2.48. The van der Waals surface area contributed by atoms with Gasteiger partial charge in [-0.15, -0.1) is 0 Å². The first-order valence-electron chi connectivity index (χ1n) is 7.39. The maximum atomic E-state index is 10.6. The van der Waals surface area contributed by atoms with E-state index in [0.717, 1.165) is 19.4 Å². The maximum absolute atomic E-state index is 10.6. The Labute approximate surface area is 127 Å². The summed E-state index contributed by atoms with van der Waals surface area (Å²) in [5.74, 6) is 0. The van der Waals surface area contributed by atoms with Gasteiger partial charge in [-0.3, -0.25) is 0 Å². The van der Waals surface area contributed by atoms with Gasteiger partial charge in [-0.25, -0.2) is 0 Å². The van der Waals surface area contributed by atoms with Gasteiger partial charge in [0, 0.05) is 19.4 Å². The van der Waals surface area contributed by atoms with Crippen molar-refractivity contribution < 1.29 is 9.84 Å². The number of hydrogen-bond acceptors (Lipinski definition) is 4. The molecule has 1 saturated heterocycles. The fraction of sp³-hybridized carbons (Fsp3) is 0.500. The third kappa shape index (κ3) is 4.25. The molecule has 1 aromatic carbocycles. The van der Waals surface area contributed by atoms with Gasteiger partial charge in [0.15, 0.2) is 0 Å². The van der Waals surface area contributed by atoms with Crippen LogP contribution < -0.4 is 16.5 Å². The zero-order valence-electron chi connectivity index (χ0n) is 12.5. The maximum Gasteiger partial charge on any atom is 0.127 e. The van der Waals surface area contributed by atoms with Gasteiger partial charge >= 0.3 is 0 Å². The zero-order chi connectivity index (χ0) is 15.3. The van der Waals surface area contributed by atoms with E-state index in [2.05, 4.69) is 5.32 Å². The van der Waals surface area contributed by atoms with Gasteiger partial charge in [-0.1, -0.05) is 29.7 Å². The molecule has 2 rings (SSSR count).